The van der Waals surface area contributed by atoms with E-state index >= 15 is 0 Å². The molecule has 2 saturated heterocycles. The lowest BCUT2D eigenvalue weighted by atomic mass is 9.84. The second kappa shape index (κ2) is 5.05. The molecule has 2 unspecified atom stereocenters. The fourth-order valence-electron chi connectivity index (χ4n) is 3.36. The lowest BCUT2D eigenvalue weighted by molar-refractivity contribution is -0.147. The molecule has 1 amide bonds. The van der Waals surface area contributed by atoms with E-state index < -0.39 is 17.7 Å². The van der Waals surface area contributed by atoms with Gasteiger partial charge in [-0.05, 0) is 24.5 Å². The highest BCUT2D eigenvalue weighted by molar-refractivity contribution is 5.86. The summed E-state index contributed by atoms with van der Waals surface area (Å²) in [6, 6.07) is -0.358. The highest BCUT2D eigenvalue weighted by Crippen LogP contribution is 2.44. The molecule has 116 valence electrons. The SMILES string of the molecule is CCC1(C(F)F)CN2CCC(C3=CNCC(F)=C3)N2C1=O. The summed E-state index contributed by atoms with van der Waals surface area (Å²) in [6.45, 7) is 2.33. The molecule has 0 aromatic heterocycles. The van der Waals surface area contributed by atoms with Gasteiger partial charge in [0.25, 0.3) is 12.3 Å². The summed E-state index contributed by atoms with van der Waals surface area (Å²) < 4.78 is 40.2. The Morgan fingerprint density at radius 2 is 2.29 bits per heavy atom. The molecule has 3 rings (SSSR count). The largest absolute Gasteiger partial charge is 0.384 e. The number of amides is 1. The first-order valence-electron chi connectivity index (χ1n) is 7.16. The fourth-order valence-corrected chi connectivity index (χ4v) is 3.36. The maximum atomic E-state index is 13.4. The molecule has 3 aliphatic heterocycles. The fraction of sp³-hybridized carbons (Fsp3) is 0.643. The molecule has 0 saturated carbocycles. The molecule has 2 atom stereocenters. The zero-order valence-electron chi connectivity index (χ0n) is 11.8. The van der Waals surface area contributed by atoms with Crippen LogP contribution in [-0.4, -0.2) is 48.0 Å². The first-order valence-corrected chi connectivity index (χ1v) is 7.16. The van der Waals surface area contributed by atoms with Crippen molar-refractivity contribution >= 4 is 5.91 Å². The van der Waals surface area contributed by atoms with Crippen molar-refractivity contribution in [3.63, 3.8) is 0 Å². The van der Waals surface area contributed by atoms with Crippen LogP contribution >= 0.6 is 0 Å². The van der Waals surface area contributed by atoms with E-state index in [1.54, 1.807) is 18.1 Å². The second-order valence-electron chi connectivity index (χ2n) is 5.77. The number of halogens is 3. The zero-order chi connectivity index (χ0) is 15.2. The van der Waals surface area contributed by atoms with Crippen molar-refractivity contribution in [2.75, 3.05) is 19.6 Å². The summed E-state index contributed by atoms with van der Waals surface area (Å²) in [6.07, 6.45) is 1.11. The standard InChI is InChI=1S/C14H18F3N3O/c1-2-14(12(16)17)8-19-4-3-11(20(19)13(14)21)9-5-10(15)7-18-6-9/h5-6,11-12,18H,2-4,7-8H2,1H3. The van der Waals surface area contributed by atoms with Gasteiger partial charge in [-0.3, -0.25) is 9.80 Å². The summed E-state index contributed by atoms with van der Waals surface area (Å²) in [7, 11) is 0. The van der Waals surface area contributed by atoms with Crippen LogP contribution in [0.1, 0.15) is 19.8 Å². The molecular weight excluding hydrogens is 283 g/mol. The molecule has 0 aromatic carbocycles. The van der Waals surface area contributed by atoms with Crippen LogP contribution in [0.25, 0.3) is 0 Å². The molecular formula is C14H18F3N3O. The zero-order valence-corrected chi connectivity index (χ0v) is 11.8. The Labute approximate surface area is 121 Å². The van der Waals surface area contributed by atoms with Gasteiger partial charge in [0.1, 0.15) is 11.2 Å². The smallest absolute Gasteiger partial charge is 0.254 e. The van der Waals surface area contributed by atoms with Gasteiger partial charge >= 0.3 is 0 Å². The monoisotopic (exact) mass is 301 g/mol. The van der Waals surface area contributed by atoms with Crippen LogP contribution in [0.2, 0.25) is 0 Å². The van der Waals surface area contributed by atoms with E-state index in [1.807, 2.05) is 0 Å². The van der Waals surface area contributed by atoms with Crippen LogP contribution < -0.4 is 5.32 Å². The average molecular weight is 301 g/mol. The van der Waals surface area contributed by atoms with Gasteiger partial charge in [0, 0.05) is 19.3 Å². The second-order valence-corrected chi connectivity index (χ2v) is 5.77. The topological polar surface area (TPSA) is 35.6 Å². The molecule has 0 aromatic rings. The van der Waals surface area contributed by atoms with Gasteiger partial charge in [-0.25, -0.2) is 18.2 Å². The first kappa shape index (κ1) is 14.4. The molecule has 3 heterocycles. The number of rotatable bonds is 3. The predicted molar refractivity (Wildman–Crippen MR) is 70.8 cm³/mol. The number of alkyl halides is 2. The van der Waals surface area contributed by atoms with Crippen LogP contribution in [0.5, 0.6) is 0 Å². The van der Waals surface area contributed by atoms with E-state index in [2.05, 4.69) is 5.32 Å². The number of carbonyl (C=O) groups is 1. The summed E-state index contributed by atoms with van der Waals surface area (Å²) in [5.74, 6) is -0.851. The number of nitrogens with zero attached hydrogens (tertiary/aromatic N) is 2. The van der Waals surface area contributed by atoms with E-state index in [0.717, 1.165) is 0 Å². The van der Waals surface area contributed by atoms with Crippen molar-refractivity contribution in [3.05, 3.63) is 23.7 Å². The Morgan fingerprint density at radius 3 is 2.90 bits per heavy atom. The van der Waals surface area contributed by atoms with Gasteiger partial charge in [0.15, 0.2) is 0 Å². The van der Waals surface area contributed by atoms with Crippen molar-refractivity contribution in [2.45, 2.75) is 32.2 Å². The average Bonchev–Trinajstić information content (AvgIpc) is 2.98. The maximum Gasteiger partial charge on any atom is 0.254 e. The van der Waals surface area contributed by atoms with Crippen LogP contribution in [0, 0.1) is 5.41 Å². The molecule has 0 radical (unpaired) electrons. The summed E-state index contributed by atoms with van der Waals surface area (Å²) in [4.78, 5) is 12.6. The van der Waals surface area contributed by atoms with Crippen LogP contribution in [-0.2, 0) is 4.79 Å². The number of fused-ring (bicyclic) bond motifs is 1. The van der Waals surface area contributed by atoms with Gasteiger partial charge in [0.2, 0.25) is 0 Å². The molecule has 0 bridgehead atoms. The van der Waals surface area contributed by atoms with Crippen molar-refractivity contribution in [1.82, 2.24) is 15.3 Å². The molecule has 2 fully saturated rings. The summed E-state index contributed by atoms with van der Waals surface area (Å²) in [5, 5.41) is 5.90. The molecule has 21 heavy (non-hydrogen) atoms. The van der Waals surface area contributed by atoms with Gasteiger partial charge in [-0.1, -0.05) is 6.92 Å². The Morgan fingerprint density at radius 1 is 1.52 bits per heavy atom. The van der Waals surface area contributed by atoms with Crippen molar-refractivity contribution in [2.24, 2.45) is 5.41 Å². The van der Waals surface area contributed by atoms with E-state index in [4.69, 9.17) is 0 Å². The van der Waals surface area contributed by atoms with Crippen LogP contribution in [0.15, 0.2) is 23.7 Å². The molecule has 0 spiro atoms. The summed E-state index contributed by atoms with van der Waals surface area (Å²) >= 11 is 0. The lowest BCUT2D eigenvalue weighted by Crippen LogP contribution is -2.44. The number of carbonyl (C=O) groups excluding carboxylic acids is 1. The Balaban J connectivity index is 1.89. The Kier molecular flexibility index (Phi) is 3.47. The quantitative estimate of drug-likeness (QED) is 0.864. The maximum absolute atomic E-state index is 13.4. The number of dihydropyridines is 1. The van der Waals surface area contributed by atoms with Crippen molar-refractivity contribution in [3.8, 4) is 0 Å². The van der Waals surface area contributed by atoms with E-state index in [0.29, 0.717) is 18.5 Å². The third-order valence-corrected chi connectivity index (χ3v) is 4.66. The molecule has 0 aliphatic carbocycles. The Bertz CT molecular complexity index is 520. The molecule has 3 aliphatic rings. The van der Waals surface area contributed by atoms with Crippen LogP contribution in [0.4, 0.5) is 13.2 Å². The minimum absolute atomic E-state index is 0.0450. The van der Waals surface area contributed by atoms with Gasteiger partial charge in [0.05, 0.1) is 12.6 Å². The van der Waals surface area contributed by atoms with E-state index in [1.165, 1.54) is 11.1 Å². The number of hydrogen-bond donors (Lipinski definition) is 1. The Hall–Kier alpha value is -1.50. The highest BCUT2D eigenvalue weighted by atomic mass is 19.3. The van der Waals surface area contributed by atoms with Crippen LogP contribution in [0.3, 0.4) is 0 Å². The van der Waals surface area contributed by atoms with Crippen molar-refractivity contribution in [1.29, 1.82) is 0 Å². The first-order chi connectivity index (χ1) is 9.99. The van der Waals surface area contributed by atoms with Gasteiger partial charge in [-0.15, -0.1) is 0 Å². The normalized spacial score (nSPS) is 33.1. The number of hydrogen-bond acceptors (Lipinski definition) is 3. The summed E-state index contributed by atoms with van der Waals surface area (Å²) in [5.41, 5.74) is -0.986. The number of nitrogens with one attached hydrogen (secondary N) is 1. The van der Waals surface area contributed by atoms with Crippen molar-refractivity contribution < 1.29 is 18.0 Å². The predicted octanol–water partition coefficient (Wildman–Crippen LogP) is 1.82. The third-order valence-electron chi connectivity index (χ3n) is 4.66. The van der Waals surface area contributed by atoms with E-state index in [9.17, 15) is 18.0 Å². The molecule has 4 nitrogen and oxygen atoms in total. The highest BCUT2D eigenvalue weighted by Gasteiger charge is 2.59. The third kappa shape index (κ3) is 2.06. The minimum atomic E-state index is -2.69. The number of hydrazine groups is 1. The van der Waals surface area contributed by atoms with Gasteiger partial charge in [-0.2, -0.15) is 0 Å². The minimum Gasteiger partial charge on any atom is -0.384 e. The molecule has 1 N–H and O–H groups in total. The molecule has 7 heteroatoms. The van der Waals surface area contributed by atoms with E-state index in [-0.39, 0.29) is 31.4 Å². The lowest BCUT2D eigenvalue weighted by Gasteiger charge is -2.29. The van der Waals surface area contributed by atoms with Gasteiger partial charge < -0.3 is 5.32 Å².